The highest BCUT2D eigenvalue weighted by Gasteiger charge is 2.27. The van der Waals surface area contributed by atoms with Crippen LogP contribution >= 0.6 is 0 Å². The third-order valence-corrected chi connectivity index (χ3v) is 4.42. The Bertz CT molecular complexity index is 658. The van der Waals surface area contributed by atoms with Crippen molar-refractivity contribution in [3.8, 4) is 0 Å². The van der Waals surface area contributed by atoms with Gasteiger partial charge in [0, 0.05) is 0 Å². The molecule has 0 spiro atoms. The molecule has 1 aromatic carbocycles. The second kappa shape index (κ2) is 6.17. The Labute approximate surface area is 119 Å². The van der Waals surface area contributed by atoms with Crippen molar-refractivity contribution < 1.29 is 13.3 Å². The van der Waals surface area contributed by atoms with Crippen LogP contribution in [0.15, 0.2) is 59.7 Å². The highest BCUT2D eigenvalue weighted by molar-refractivity contribution is 7.90. The van der Waals surface area contributed by atoms with Gasteiger partial charge in [0.05, 0.1) is 7.11 Å². The number of hydrogen-bond acceptors (Lipinski definition) is 3. The summed E-state index contributed by atoms with van der Waals surface area (Å²) in [6.45, 7) is 1.93. The Morgan fingerprint density at radius 2 is 1.95 bits per heavy atom. The second-order valence-corrected chi connectivity index (χ2v) is 6.32. The Balaban J connectivity index is 2.42. The molecule has 1 aromatic rings. The summed E-state index contributed by atoms with van der Waals surface area (Å²) in [6, 6.07) is 9.62. The van der Waals surface area contributed by atoms with E-state index in [1.165, 1.54) is 7.11 Å². The summed E-state index contributed by atoms with van der Waals surface area (Å²) in [5.41, 5.74) is 2.68. The first-order valence-electron chi connectivity index (χ1n) is 6.19. The van der Waals surface area contributed by atoms with Crippen molar-refractivity contribution in [2.45, 2.75) is 12.2 Å². The minimum atomic E-state index is -3.60. The van der Waals surface area contributed by atoms with E-state index in [0.29, 0.717) is 5.57 Å². The van der Waals surface area contributed by atoms with Crippen molar-refractivity contribution in [2.24, 2.45) is 0 Å². The van der Waals surface area contributed by atoms with E-state index in [2.05, 4.69) is 9.72 Å². The molecular formula is C15H17NO3S. The molecule has 1 unspecified atom stereocenters. The fraction of sp³-hybridized carbons (Fsp3) is 0.200. The van der Waals surface area contributed by atoms with Crippen LogP contribution in [0.3, 0.4) is 0 Å². The van der Waals surface area contributed by atoms with Crippen molar-refractivity contribution in [3.05, 3.63) is 65.3 Å². The zero-order chi connectivity index (χ0) is 14.6. The molecule has 2 rings (SSSR count). The summed E-state index contributed by atoms with van der Waals surface area (Å²) in [7, 11) is -2.31. The first-order valence-corrected chi connectivity index (χ1v) is 7.74. The largest absolute Gasteiger partial charge is 0.290 e. The van der Waals surface area contributed by atoms with E-state index in [1.807, 2.05) is 49.4 Å². The molecule has 5 heteroatoms. The van der Waals surface area contributed by atoms with E-state index in [1.54, 1.807) is 12.2 Å². The van der Waals surface area contributed by atoms with Gasteiger partial charge in [-0.05, 0) is 18.1 Å². The van der Waals surface area contributed by atoms with Gasteiger partial charge in [-0.1, -0.05) is 65.1 Å². The van der Waals surface area contributed by atoms with Crippen molar-refractivity contribution in [1.82, 2.24) is 4.89 Å². The maximum atomic E-state index is 12.1. The molecule has 0 amide bonds. The van der Waals surface area contributed by atoms with Crippen LogP contribution in [0, 0.1) is 0 Å². The third kappa shape index (κ3) is 3.45. The lowest BCUT2D eigenvalue weighted by Gasteiger charge is -2.19. The van der Waals surface area contributed by atoms with Crippen molar-refractivity contribution in [3.63, 3.8) is 0 Å². The van der Waals surface area contributed by atoms with Crippen LogP contribution in [0.5, 0.6) is 0 Å². The molecule has 1 atom stereocenters. The molecule has 0 saturated carbocycles. The van der Waals surface area contributed by atoms with E-state index < -0.39 is 15.3 Å². The fourth-order valence-electron chi connectivity index (χ4n) is 2.06. The van der Waals surface area contributed by atoms with Gasteiger partial charge >= 0.3 is 0 Å². The fourth-order valence-corrected chi connectivity index (χ4v) is 3.18. The van der Waals surface area contributed by atoms with Crippen molar-refractivity contribution in [1.29, 1.82) is 0 Å². The third-order valence-electron chi connectivity index (χ3n) is 2.92. The average Bonchev–Trinajstić information content (AvgIpc) is 2.39. The van der Waals surface area contributed by atoms with Gasteiger partial charge in [0.1, 0.15) is 5.25 Å². The van der Waals surface area contributed by atoms with Crippen LogP contribution in [-0.4, -0.2) is 20.8 Å². The summed E-state index contributed by atoms with van der Waals surface area (Å²) in [6.07, 6.45) is 7.19. The Morgan fingerprint density at radius 3 is 2.60 bits per heavy atom. The summed E-state index contributed by atoms with van der Waals surface area (Å²) in [4.78, 5) is 6.64. The predicted octanol–water partition coefficient (Wildman–Crippen LogP) is 2.44. The molecule has 0 bridgehead atoms. The smallest absolute Gasteiger partial charge is 0.244 e. The van der Waals surface area contributed by atoms with E-state index >= 15 is 0 Å². The quantitative estimate of drug-likeness (QED) is 0.867. The van der Waals surface area contributed by atoms with Crippen LogP contribution in [0.4, 0.5) is 0 Å². The molecule has 1 N–H and O–H groups in total. The topological polar surface area (TPSA) is 55.4 Å². The maximum absolute atomic E-state index is 12.1. The van der Waals surface area contributed by atoms with E-state index in [4.69, 9.17) is 0 Å². The molecule has 0 heterocycles. The van der Waals surface area contributed by atoms with Gasteiger partial charge in [-0.15, -0.1) is 0 Å². The average molecular weight is 291 g/mol. The molecule has 20 heavy (non-hydrogen) atoms. The first kappa shape index (κ1) is 14.7. The molecule has 1 aliphatic carbocycles. The van der Waals surface area contributed by atoms with Gasteiger partial charge in [-0.2, -0.15) is 0 Å². The van der Waals surface area contributed by atoms with Crippen LogP contribution in [-0.2, 0) is 14.9 Å². The minimum absolute atomic E-state index is 0.709. The van der Waals surface area contributed by atoms with Crippen molar-refractivity contribution in [2.75, 3.05) is 7.11 Å². The standard InChI is InChI=1S/C15H17NO3S/c1-12-8-9-15(20(17,18)16-19-2)14(10-12)11-13-6-4-3-5-7-13/h3-11,15-16H,1-2H3/b14-11+. The highest BCUT2D eigenvalue weighted by Crippen LogP contribution is 2.24. The monoisotopic (exact) mass is 291 g/mol. The lowest BCUT2D eigenvalue weighted by Crippen LogP contribution is -2.34. The number of rotatable bonds is 4. The van der Waals surface area contributed by atoms with Gasteiger partial charge in [-0.25, -0.2) is 8.42 Å². The van der Waals surface area contributed by atoms with Crippen molar-refractivity contribution >= 4 is 16.1 Å². The lowest BCUT2D eigenvalue weighted by molar-refractivity contribution is 0.153. The molecule has 0 fully saturated rings. The van der Waals surface area contributed by atoms with E-state index in [9.17, 15) is 8.42 Å². The summed E-state index contributed by atoms with van der Waals surface area (Å²) in [5, 5.41) is -0.758. The molecule has 1 aliphatic rings. The zero-order valence-electron chi connectivity index (χ0n) is 11.4. The molecule has 106 valence electrons. The van der Waals surface area contributed by atoms with Crippen LogP contribution in [0.25, 0.3) is 6.08 Å². The number of hydrogen-bond donors (Lipinski definition) is 1. The maximum Gasteiger partial charge on any atom is 0.244 e. The predicted molar refractivity (Wildman–Crippen MR) is 80.2 cm³/mol. The van der Waals surface area contributed by atoms with E-state index in [0.717, 1.165) is 11.1 Å². The minimum Gasteiger partial charge on any atom is -0.290 e. The first-order chi connectivity index (χ1) is 9.53. The second-order valence-electron chi connectivity index (χ2n) is 4.56. The van der Waals surface area contributed by atoms with Crippen LogP contribution < -0.4 is 4.89 Å². The number of benzene rings is 1. The summed E-state index contributed by atoms with van der Waals surface area (Å²) < 4.78 is 24.3. The van der Waals surface area contributed by atoms with Gasteiger partial charge in [0.25, 0.3) is 0 Å². The zero-order valence-corrected chi connectivity index (χ0v) is 12.2. The van der Waals surface area contributed by atoms with Crippen LogP contribution in [0.1, 0.15) is 12.5 Å². The summed E-state index contributed by atoms with van der Waals surface area (Å²) >= 11 is 0. The van der Waals surface area contributed by atoms with Gasteiger partial charge in [0.15, 0.2) is 0 Å². The lowest BCUT2D eigenvalue weighted by atomic mass is 10.00. The van der Waals surface area contributed by atoms with Crippen LogP contribution in [0.2, 0.25) is 0 Å². The molecule has 0 radical (unpaired) electrons. The summed E-state index contributed by atoms with van der Waals surface area (Å²) in [5.74, 6) is 0. The SMILES string of the molecule is CONS(=O)(=O)C1C=CC(C)=C/C1=C\c1ccccc1. The molecule has 0 saturated heterocycles. The molecular weight excluding hydrogens is 274 g/mol. The van der Waals surface area contributed by atoms with Gasteiger partial charge in [-0.3, -0.25) is 4.84 Å². The van der Waals surface area contributed by atoms with Gasteiger partial charge in [0.2, 0.25) is 10.0 Å². The number of sulfonamides is 1. The number of allylic oxidation sites excluding steroid dienone is 3. The Hall–Kier alpha value is -1.69. The number of nitrogens with one attached hydrogen (secondary N) is 1. The Kier molecular flexibility index (Phi) is 4.54. The van der Waals surface area contributed by atoms with E-state index in [-0.39, 0.29) is 0 Å². The normalized spacial score (nSPS) is 21.0. The van der Waals surface area contributed by atoms with Gasteiger partial charge < -0.3 is 0 Å². The molecule has 4 nitrogen and oxygen atoms in total. The molecule has 0 aliphatic heterocycles. The molecule has 0 aromatic heterocycles. The Morgan fingerprint density at radius 1 is 1.25 bits per heavy atom. The highest BCUT2D eigenvalue weighted by atomic mass is 32.2.